The molecule has 0 radical (unpaired) electrons. The van der Waals surface area contributed by atoms with Crippen LogP contribution < -0.4 is 0 Å². The molecule has 1 aliphatic carbocycles. The van der Waals surface area contributed by atoms with E-state index in [1.807, 2.05) is 21.9 Å². The first-order chi connectivity index (χ1) is 13.1. The van der Waals surface area contributed by atoms with Crippen LogP contribution in [-0.2, 0) is 4.79 Å². The van der Waals surface area contributed by atoms with Crippen LogP contribution in [0.25, 0.3) is 0 Å². The largest absolute Gasteiger partial charge is 0.339 e. The molecule has 0 unspecified atom stereocenters. The van der Waals surface area contributed by atoms with Crippen molar-refractivity contribution in [3.05, 3.63) is 17.0 Å². The summed E-state index contributed by atoms with van der Waals surface area (Å²) in [6.45, 7) is 7.13. The smallest absolute Gasteiger partial charge is 0.264 e. The Hall–Kier alpha value is -1.09. The number of hydrogen-bond acceptors (Lipinski definition) is 6. The Labute approximate surface area is 170 Å². The van der Waals surface area contributed by atoms with Crippen LogP contribution in [0.5, 0.6) is 0 Å². The fourth-order valence-electron chi connectivity index (χ4n) is 4.09. The van der Waals surface area contributed by atoms with E-state index in [4.69, 9.17) is 0 Å². The minimum atomic E-state index is 0.0818. The molecule has 0 spiro atoms. The summed E-state index contributed by atoms with van der Waals surface area (Å²) in [5.74, 6) is 0.319. The SMILES string of the molecule is O=C(CN1CCN(C(=O)c2ccc(S)s2)CC1)N1CCN(C2CCC2)CC1. The Morgan fingerprint density at radius 3 is 2.19 bits per heavy atom. The summed E-state index contributed by atoms with van der Waals surface area (Å²) in [7, 11) is 0. The molecule has 2 amide bonds. The van der Waals surface area contributed by atoms with Gasteiger partial charge in [-0.15, -0.1) is 24.0 Å². The van der Waals surface area contributed by atoms with Crippen LogP contribution in [0.15, 0.2) is 16.3 Å². The lowest BCUT2D eigenvalue weighted by atomic mass is 9.91. The van der Waals surface area contributed by atoms with Crippen molar-refractivity contribution in [2.75, 3.05) is 58.9 Å². The Morgan fingerprint density at radius 2 is 1.63 bits per heavy atom. The van der Waals surface area contributed by atoms with Gasteiger partial charge in [-0.25, -0.2) is 0 Å². The van der Waals surface area contributed by atoms with Gasteiger partial charge in [0.05, 0.1) is 15.6 Å². The van der Waals surface area contributed by atoms with Gasteiger partial charge in [0, 0.05) is 58.4 Å². The summed E-state index contributed by atoms with van der Waals surface area (Å²) in [4.78, 5) is 34.5. The van der Waals surface area contributed by atoms with E-state index in [1.165, 1.54) is 30.6 Å². The van der Waals surface area contributed by atoms with Gasteiger partial charge in [-0.05, 0) is 25.0 Å². The Bertz CT molecular complexity index is 675. The number of amides is 2. The predicted molar refractivity (Wildman–Crippen MR) is 110 cm³/mol. The van der Waals surface area contributed by atoms with Crippen molar-refractivity contribution < 1.29 is 9.59 Å². The summed E-state index contributed by atoms with van der Waals surface area (Å²) < 4.78 is 0.861. The lowest BCUT2D eigenvalue weighted by molar-refractivity contribution is -0.135. The number of carbonyl (C=O) groups is 2. The van der Waals surface area contributed by atoms with Crippen molar-refractivity contribution in [2.24, 2.45) is 0 Å². The molecule has 27 heavy (non-hydrogen) atoms. The Balaban J connectivity index is 1.20. The molecule has 0 N–H and O–H groups in total. The quantitative estimate of drug-likeness (QED) is 0.767. The standard InChI is InChI=1S/C19H28N4O2S2/c24-17(22-12-10-21(11-13-22)15-2-1-3-15)14-20-6-8-23(9-7-20)19(25)16-4-5-18(26)27-16/h4-5,15,26H,1-3,6-14H2. The molecule has 1 aromatic heterocycles. The maximum absolute atomic E-state index is 12.6. The first-order valence-corrected chi connectivity index (χ1v) is 11.2. The average Bonchev–Trinajstić information content (AvgIpc) is 3.07. The lowest BCUT2D eigenvalue weighted by Crippen LogP contribution is -2.56. The zero-order valence-electron chi connectivity index (χ0n) is 15.7. The highest BCUT2D eigenvalue weighted by molar-refractivity contribution is 7.82. The highest BCUT2D eigenvalue weighted by Crippen LogP contribution is 2.25. The summed E-state index contributed by atoms with van der Waals surface area (Å²) >= 11 is 5.71. The van der Waals surface area contributed by atoms with E-state index in [1.54, 1.807) is 0 Å². The second kappa shape index (κ2) is 8.51. The average molecular weight is 409 g/mol. The van der Waals surface area contributed by atoms with Gasteiger partial charge in [0.15, 0.2) is 0 Å². The van der Waals surface area contributed by atoms with Crippen LogP contribution >= 0.6 is 24.0 Å². The van der Waals surface area contributed by atoms with E-state index >= 15 is 0 Å². The van der Waals surface area contributed by atoms with Gasteiger partial charge < -0.3 is 9.80 Å². The molecule has 8 heteroatoms. The van der Waals surface area contributed by atoms with Crippen LogP contribution in [0.1, 0.15) is 28.9 Å². The fourth-order valence-corrected chi connectivity index (χ4v) is 5.17. The minimum absolute atomic E-state index is 0.0818. The molecule has 2 aliphatic heterocycles. The monoisotopic (exact) mass is 408 g/mol. The molecule has 1 aromatic rings. The topological polar surface area (TPSA) is 47.1 Å². The summed E-state index contributed by atoms with van der Waals surface area (Å²) in [6.07, 6.45) is 4.02. The molecule has 3 aliphatic rings. The third-order valence-corrected chi connectivity index (χ3v) is 7.38. The normalized spacial score (nSPS) is 22.7. The third-order valence-electron chi connectivity index (χ3n) is 6.08. The lowest BCUT2D eigenvalue weighted by Gasteiger charge is -2.43. The molecular weight excluding hydrogens is 380 g/mol. The van der Waals surface area contributed by atoms with Crippen molar-refractivity contribution in [3.63, 3.8) is 0 Å². The van der Waals surface area contributed by atoms with Gasteiger partial charge in [-0.1, -0.05) is 6.42 Å². The first-order valence-electron chi connectivity index (χ1n) is 9.92. The number of hydrogen-bond donors (Lipinski definition) is 1. The Morgan fingerprint density at radius 1 is 0.963 bits per heavy atom. The van der Waals surface area contributed by atoms with Crippen LogP contribution in [0.4, 0.5) is 0 Å². The first kappa shape index (κ1) is 19.2. The predicted octanol–water partition coefficient (Wildman–Crippen LogP) is 1.49. The highest BCUT2D eigenvalue weighted by atomic mass is 32.2. The molecule has 6 nitrogen and oxygen atoms in total. The van der Waals surface area contributed by atoms with Crippen molar-refractivity contribution in [1.82, 2.24) is 19.6 Å². The highest BCUT2D eigenvalue weighted by Gasteiger charge is 2.30. The molecule has 3 heterocycles. The molecule has 3 fully saturated rings. The number of rotatable bonds is 4. The van der Waals surface area contributed by atoms with Crippen LogP contribution in [0, 0.1) is 0 Å². The van der Waals surface area contributed by atoms with Crippen LogP contribution in [0.2, 0.25) is 0 Å². The van der Waals surface area contributed by atoms with E-state index in [-0.39, 0.29) is 11.8 Å². The van der Waals surface area contributed by atoms with Gasteiger partial charge in [0.2, 0.25) is 5.91 Å². The summed E-state index contributed by atoms with van der Waals surface area (Å²) in [5, 5.41) is 0. The molecule has 1 saturated carbocycles. The number of thiophene rings is 1. The maximum atomic E-state index is 12.6. The number of thiol groups is 1. The maximum Gasteiger partial charge on any atom is 0.264 e. The molecule has 0 aromatic carbocycles. The molecular formula is C19H28N4O2S2. The number of nitrogens with zero attached hydrogens (tertiary/aromatic N) is 4. The van der Waals surface area contributed by atoms with Crippen molar-refractivity contribution in [1.29, 1.82) is 0 Å². The minimum Gasteiger partial charge on any atom is -0.339 e. The molecule has 2 saturated heterocycles. The zero-order valence-corrected chi connectivity index (χ0v) is 17.4. The van der Waals surface area contributed by atoms with E-state index < -0.39 is 0 Å². The molecule has 0 bridgehead atoms. The second-order valence-electron chi connectivity index (χ2n) is 7.71. The molecule has 0 atom stereocenters. The van der Waals surface area contributed by atoms with E-state index in [0.717, 1.165) is 54.4 Å². The van der Waals surface area contributed by atoms with E-state index in [0.29, 0.717) is 19.6 Å². The second-order valence-corrected chi connectivity index (χ2v) is 9.58. The van der Waals surface area contributed by atoms with Gasteiger partial charge in [0.25, 0.3) is 5.91 Å². The van der Waals surface area contributed by atoms with Gasteiger partial charge in [-0.2, -0.15) is 0 Å². The number of piperazine rings is 2. The van der Waals surface area contributed by atoms with Crippen molar-refractivity contribution >= 4 is 35.8 Å². The summed E-state index contributed by atoms with van der Waals surface area (Å²) in [5.41, 5.74) is 0. The van der Waals surface area contributed by atoms with Crippen molar-refractivity contribution in [2.45, 2.75) is 29.5 Å². The Kier molecular flexibility index (Phi) is 6.06. The van der Waals surface area contributed by atoms with Gasteiger partial charge in [0.1, 0.15) is 0 Å². The van der Waals surface area contributed by atoms with Gasteiger partial charge in [-0.3, -0.25) is 19.4 Å². The fraction of sp³-hybridized carbons (Fsp3) is 0.684. The zero-order chi connectivity index (χ0) is 18.8. The summed E-state index contributed by atoms with van der Waals surface area (Å²) in [6, 6.07) is 4.48. The van der Waals surface area contributed by atoms with Crippen molar-refractivity contribution in [3.8, 4) is 0 Å². The van der Waals surface area contributed by atoms with Gasteiger partial charge >= 0.3 is 0 Å². The third kappa shape index (κ3) is 4.50. The molecule has 148 valence electrons. The van der Waals surface area contributed by atoms with Crippen LogP contribution in [-0.4, -0.2) is 96.4 Å². The number of carbonyl (C=O) groups excluding carboxylic acids is 2. The van der Waals surface area contributed by atoms with E-state index in [2.05, 4.69) is 22.4 Å². The van der Waals surface area contributed by atoms with E-state index in [9.17, 15) is 9.59 Å². The van der Waals surface area contributed by atoms with Crippen LogP contribution in [0.3, 0.4) is 0 Å². The molecule has 4 rings (SSSR count).